The average Bonchev–Trinajstić information content (AvgIpc) is 2.90. The molecule has 3 unspecified atom stereocenters. The zero-order valence-electron chi connectivity index (χ0n) is 11.5. The van der Waals surface area contributed by atoms with E-state index < -0.39 is 6.10 Å². The highest BCUT2D eigenvalue weighted by Gasteiger charge is 2.22. The van der Waals surface area contributed by atoms with Gasteiger partial charge in [0.15, 0.2) is 0 Å². The topological polar surface area (TPSA) is 59.6 Å². The van der Waals surface area contributed by atoms with E-state index in [-0.39, 0.29) is 30.5 Å². The van der Waals surface area contributed by atoms with E-state index >= 15 is 0 Å². The van der Waals surface area contributed by atoms with Gasteiger partial charge in [0.1, 0.15) is 6.10 Å². The van der Waals surface area contributed by atoms with Crippen LogP contribution in [0.5, 0.6) is 0 Å². The average molecular weight is 293 g/mol. The van der Waals surface area contributed by atoms with Crippen LogP contribution in [0.4, 0.5) is 0 Å². The van der Waals surface area contributed by atoms with Gasteiger partial charge in [-0.25, -0.2) is 0 Å². The van der Waals surface area contributed by atoms with Crippen molar-refractivity contribution in [2.24, 2.45) is 0 Å². The zero-order valence-corrected chi connectivity index (χ0v) is 12.3. The summed E-state index contributed by atoms with van der Waals surface area (Å²) in [5.74, 6) is -0.0143. The predicted octanol–water partition coefficient (Wildman–Crippen LogP) is 0.861. The number of carbonyl (C=O) groups is 1. The van der Waals surface area contributed by atoms with Gasteiger partial charge in [0.05, 0.1) is 12.7 Å². The first-order chi connectivity index (χ1) is 8.75. The molecule has 5 nitrogen and oxygen atoms in total. The van der Waals surface area contributed by atoms with Crippen LogP contribution in [0.15, 0.2) is 0 Å². The van der Waals surface area contributed by atoms with Crippen LogP contribution >= 0.6 is 12.4 Å². The minimum atomic E-state index is -0.392. The maximum Gasteiger partial charge on any atom is 0.249 e. The fourth-order valence-electron chi connectivity index (χ4n) is 2.36. The van der Waals surface area contributed by atoms with Gasteiger partial charge in [-0.15, -0.1) is 12.4 Å². The first-order valence-corrected chi connectivity index (χ1v) is 7.00. The number of rotatable bonds is 5. The molecule has 2 aliphatic rings. The van der Waals surface area contributed by atoms with Crippen molar-refractivity contribution in [2.45, 2.75) is 50.9 Å². The lowest BCUT2D eigenvalue weighted by Crippen LogP contribution is -2.43. The lowest BCUT2D eigenvalue weighted by atomic mass is 10.1. The Kier molecular flexibility index (Phi) is 7.68. The Morgan fingerprint density at radius 3 is 2.95 bits per heavy atom. The molecule has 2 rings (SSSR count). The molecule has 1 amide bonds. The van der Waals surface area contributed by atoms with Gasteiger partial charge in [-0.1, -0.05) is 0 Å². The van der Waals surface area contributed by atoms with Crippen LogP contribution in [0, 0.1) is 0 Å². The van der Waals surface area contributed by atoms with Gasteiger partial charge >= 0.3 is 0 Å². The molecule has 0 saturated carbocycles. The third kappa shape index (κ3) is 5.65. The lowest BCUT2D eigenvalue weighted by molar-refractivity contribution is -0.136. The van der Waals surface area contributed by atoms with Crippen LogP contribution in [0.3, 0.4) is 0 Å². The second-order valence-corrected chi connectivity index (χ2v) is 5.16. The maximum atomic E-state index is 11.9. The number of halogens is 1. The third-order valence-corrected chi connectivity index (χ3v) is 3.58. The van der Waals surface area contributed by atoms with Crippen LogP contribution in [0.2, 0.25) is 0 Å². The Morgan fingerprint density at radius 1 is 1.47 bits per heavy atom. The lowest BCUT2D eigenvalue weighted by Gasteiger charge is -2.24. The largest absolute Gasteiger partial charge is 0.376 e. The second kappa shape index (κ2) is 8.74. The van der Waals surface area contributed by atoms with E-state index in [4.69, 9.17) is 9.47 Å². The fraction of sp³-hybridized carbons (Fsp3) is 0.923. The minimum absolute atomic E-state index is 0. The van der Waals surface area contributed by atoms with Crippen molar-refractivity contribution in [1.29, 1.82) is 0 Å². The third-order valence-electron chi connectivity index (χ3n) is 3.58. The summed E-state index contributed by atoms with van der Waals surface area (Å²) < 4.78 is 11.2. The summed E-state index contributed by atoms with van der Waals surface area (Å²) in [4.78, 5) is 11.9. The van der Waals surface area contributed by atoms with Crippen LogP contribution in [0.1, 0.15) is 32.6 Å². The van der Waals surface area contributed by atoms with Crippen LogP contribution in [-0.4, -0.2) is 50.5 Å². The first-order valence-electron chi connectivity index (χ1n) is 7.00. The number of hydrogen-bond acceptors (Lipinski definition) is 4. The second-order valence-electron chi connectivity index (χ2n) is 5.16. The van der Waals surface area contributed by atoms with Gasteiger partial charge in [-0.3, -0.25) is 4.79 Å². The molecule has 0 aromatic heterocycles. The number of ether oxygens (including phenoxy) is 2. The van der Waals surface area contributed by atoms with E-state index in [0.29, 0.717) is 6.61 Å². The summed E-state index contributed by atoms with van der Waals surface area (Å²) in [5.41, 5.74) is 0. The molecule has 0 radical (unpaired) electrons. The van der Waals surface area contributed by atoms with E-state index in [9.17, 15) is 4.79 Å². The molecule has 3 atom stereocenters. The Hall–Kier alpha value is -0.360. The number of amides is 1. The molecule has 2 saturated heterocycles. The molecule has 112 valence electrons. The van der Waals surface area contributed by atoms with Gasteiger partial charge in [-0.2, -0.15) is 0 Å². The van der Waals surface area contributed by atoms with Crippen LogP contribution in [0.25, 0.3) is 0 Å². The van der Waals surface area contributed by atoms with Crippen LogP contribution in [-0.2, 0) is 14.3 Å². The highest BCUT2D eigenvalue weighted by atomic mass is 35.5. The predicted molar refractivity (Wildman–Crippen MR) is 75.7 cm³/mol. The maximum absolute atomic E-state index is 11.9. The molecular formula is C13H25ClN2O3. The van der Waals surface area contributed by atoms with Crippen molar-refractivity contribution in [3.05, 3.63) is 0 Å². The van der Waals surface area contributed by atoms with E-state index in [1.807, 2.05) is 0 Å². The molecular weight excluding hydrogens is 268 g/mol. The summed E-state index contributed by atoms with van der Waals surface area (Å²) in [6.45, 7) is 5.00. The molecule has 0 aromatic rings. The summed E-state index contributed by atoms with van der Waals surface area (Å²) in [6, 6.07) is 0.259. The molecule has 2 N–H and O–H groups in total. The fourth-order valence-corrected chi connectivity index (χ4v) is 2.36. The highest BCUT2D eigenvalue weighted by molar-refractivity contribution is 5.85. The zero-order chi connectivity index (χ0) is 12.8. The van der Waals surface area contributed by atoms with Gasteiger partial charge in [0.2, 0.25) is 5.91 Å². The quantitative estimate of drug-likeness (QED) is 0.789. The highest BCUT2D eigenvalue weighted by Crippen LogP contribution is 2.13. The monoisotopic (exact) mass is 292 g/mol. The normalized spacial score (nSPS) is 28.5. The Bertz CT molecular complexity index is 267. The molecule has 2 heterocycles. The van der Waals surface area contributed by atoms with E-state index in [1.54, 1.807) is 6.92 Å². The standard InChI is InChI=1S/C13H24N2O3.ClH/c1-10(13(16)15-11-5-6-14-8-11)18-9-12-4-2-3-7-17-12;/h10-12,14H,2-9H2,1H3,(H,15,16);1H. The summed E-state index contributed by atoms with van der Waals surface area (Å²) >= 11 is 0. The van der Waals surface area contributed by atoms with Gasteiger partial charge in [0.25, 0.3) is 0 Å². The van der Waals surface area contributed by atoms with Gasteiger partial charge in [-0.05, 0) is 39.2 Å². The van der Waals surface area contributed by atoms with Crippen LogP contribution < -0.4 is 10.6 Å². The Balaban J connectivity index is 0.00000180. The van der Waals surface area contributed by atoms with Crippen molar-refractivity contribution in [3.8, 4) is 0 Å². The van der Waals surface area contributed by atoms with E-state index in [0.717, 1.165) is 39.0 Å². The number of nitrogens with one attached hydrogen (secondary N) is 2. The van der Waals surface area contributed by atoms with E-state index in [2.05, 4.69) is 10.6 Å². The van der Waals surface area contributed by atoms with Crippen molar-refractivity contribution < 1.29 is 14.3 Å². The smallest absolute Gasteiger partial charge is 0.249 e. The van der Waals surface area contributed by atoms with Gasteiger partial charge < -0.3 is 20.1 Å². The molecule has 6 heteroatoms. The first kappa shape index (κ1) is 16.7. The number of hydrogen-bond donors (Lipinski definition) is 2. The SMILES string of the molecule is CC(OCC1CCCCO1)C(=O)NC1CCNC1.Cl. The molecule has 0 bridgehead atoms. The molecule has 0 aliphatic carbocycles. The van der Waals surface area contributed by atoms with Crippen molar-refractivity contribution in [1.82, 2.24) is 10.6 Å². The Morgan fingerprint density at radius 2 is 2.32 bits per heavy atom. The van der Waals surface area contributed by atoms with Crippen molar-refractivity contribution in [2.75, 3.05) is 26.3 Å². The van der Waals surface area contributed by atoms with Crippen molar-refractivity contribution in [3.63, 3.8) is 0 Å². The molecule has 0 aromatic carbocycles. The Labute approximate surface area is 121 Å². The summed E-state index contributed by atoms with van der Waals surface area (Å²) in [5, 5.41) is 6.22. The molecule has 0 spiro atoms. The minimum Gasteiger partial charge on any atom is -0.376 e. The van der Waals surface area contributed by atoms with E-state index in [1.165, 1.54) is 6.42 Å². The van der Waals surface area contributed by atoms with Gasteiger partial charge in [0, 0.05) is 19.2 Å². The van der Waals surface area contributed by atoms with Crippen molar-refractivity contribution >= 4 is 18.3 Å². The summed E-state index contributed by atoms with van der Waals surface area (Å²) in [7, 11) is 0. The summed E-state index contributed by atoms with van der Waals surface area (Å²) in [6.07, 6.45) is 4.16. The number of carbonyl (C=O) groups excluding carboxylic acids is 1. The molecule has 2 fully saturated rings. The molecule has 19 heavy (non-hydrogen) atoms. The molecule has 2 aliphatic heterocycles.